The fourth-order valence-electron chi connectivity index (χ4n) is 5.41. The fraction of sp³-hybridized carbons (Fsp3) is 0.0286. The molecule has 0 bridgehead atoms. The number of hydrogen-bond acceptors (Lipinski definition) is 1. The Balaban J connectivity index is 1.45. The van der Waals surface area contributed by atoms with E-state index in [0.717, 1.165) is 0 Å². The highest BCUT2D eigenvalue weighted by molar-refractivity contribution is 6.14. The van der Waals surface area contributed by atoms with Gasteiger partial charge in [-0.25, -0.2) is 0 Å². The number of para-hydroxylation sites is 1. The van der Waals surface area contributed by atoms with Crippen LogP contribution in [0.15, 0.2) is 140 Å². The van der Waals surface area contributed by atoms with Crippen molar-refractivity contribution in [3.8, 4) is 16.8 Å². The van der Waals surface area contributed by atoms with Gasteiger partial charge in [-0.15, -0.1) is 0 Å². The molecule has 6 aromatic carbocycles. The zero-order valence-corrected chi connectivity index (χ0v) is 20.7. The lowest BCUT2D eigenvalue weighted by atomic mass is 10.1. The van der Waals surface area contributed by atoms with Gasteiger partial charge in [-0.2, -0.15) is 0 Å². The smallest absolute Gasteiger partial charge is 0.0547 e. The van der Waals surface area contributed by atoms with Crippen molar-refractivity contribution >= 4 is 44.0 Å². The summed E-state index contributed by atoms with van der Waals surface area (Å²) in [5, 5.41) is 5.04. The maximum atomic E-state index is 2.40. The van der Waals surface area contributed by atoms with Crippen LogP contribution in [-0.2, 0) is 0 Å². The second kappa shape index (κ2) is 8.69. The van der Waals surface area contributed by atoms with Crippen LogP contribution in [0.2, 0.25) is 0 Å². The standard InChI is InChI=1S/C35H26N2/c1-36(29-14-6-3-7-15-29)31-20-21-34-33(24-31)32-22-27-12-8-9-13-28(27)23-35(32)37(34)30-18-16-26(17-19-30)25-10-4-2-5-11-25/h2-24H,1H3. The van der Waals surface area contributed by atoms with Crippen LogP contribution < -0.4 is 4.90 Å². The first-order chi connectivity index (χ1) is 18.3. The van der Waals surface area contributed by atoms with Gasteiger partial charge in [0.1, 0.15) is 0 Å². The summed E-state index contributed by atoms with van der Waals surface area (Å²) in [6, 6.07) is 50.1. The average molecular weight is 475 g/mol. The van der Waals surface area contributed by atoms with Gasteiger partial charge in [0.2, 0.25) is 0 Å². The summed E-state index contributed by atoms with van der Waals surface area (Å²) in [6.45, 7) is 0. The second-order valence-corrected chi connectivity index (χ2v) is 9.56. The lowest BCUT2D eigenvalue weighted by Crippen LogP contribution is -2.08. The van der Waals surface area contributed by atoms with Gasteiger partial charge in [-0.1, -0.05) is 84.9 Å². The Labute approximate surface area is 216 Å². The molecule has 0 unspecified atom stereocenters. The van der Waals surface area contributed by atoms with E-state index in [1.807, 2.05) is 0 Å². The van der Waals surface area contributed by atoms with Crippen molar-refractivity contribution in [1.82, 2.24) is 4.57 Å². The van der Waals surface area contributed by atoms with Crippen molar-refractivity contribution in [2.24, 2.45) is 0 Å². The Hall–Kier alpha value is -4.82. The highest BCUT2D eigenvalue weighted by Crippen LogP contribution is 2.38. The van der Waals surface area contributed by atoms with Crippen LogP contribution in [0.4, 0.5) is 11.4 Å². The van der Waals surface area contributed by atoms with Crippen LogP contribution in [0, 0.1) is 0 Å². The van der Waals surface area contributed by atoms with Gasteiger partial charge in [0.05, 0.1) is 11.0 Å². The van der Waals surface area contributed by atoms with Crippen molar-refractivity contribution < 1.29 is 0 Å². The average Bonchev–Trinajstić information content (AvgIpc) is 3.29. The fourth-order valence-corrected chi connectivity index (χ4v) is 5.41. The van der Waals surface area contributed by atoms with Gasteiger partial charge >= 0.3 is 0 Å². The molecule has 0 aliphatic heterocycles. The van der Waals surface area contributed by atoms with Crippen molar-refractivity contribution in [3.63, 3.8) is 0 Å². The first-order valence-electron chi connectivity index (χ1n) is 12.7. The summed E-state index contributed by atoms with van der Waals surface area (Å²) < 4.78 is 2.40. The van der Waals surface area contributed by atoms with E-state index in [1.165, 1.54) is 60.8 Å². The monoisotopic (exact) mass is 474 g/mol. The molecule has 0 aliphatic rings. The molecule has 0 N–H and O–H groups in total. The Bertz CT molecular complexity index is 1860. The molecule has 1 heterocycles. The predicted octanol–water partition coefficient (Wildman–Crippen LogP) is 9.37. The van der Waals surface area contributed by atoms with E-state index in [2.05, 4.69) is 156 Å². The summed E-state index contributed by atoms with van der Waals surface area (Å²) in [4.78, 5) is 2.25. The zero-order valence-electron chi connectivity index (χ0n) is 20.7. The number of benzene rings is 6. The number of anilines is 2. The van der Waals surface area contributed by atoms with Gasteiger partial charge in [0, 0.05) is 34.9 Å². The molecule has 7 rings (SSSR count). The molecule has 0 amide bonds. The van der Waals surface area contributed by atoms with Crippen LogP contribution in [0.3, 0.4) is 0 Å². The van der Waals surface area contributed by atoms with Crippen LogP contribution >= 0.6 is 0 Å². The molecule has 37 heavy (non-hydrogen) atoms. The van der Waals surface area contributed by atoms with Crippen LogP contribution in [0.5, 0.6) is 0 Å². The van der Waals surface area contributed by atoms with E-state index in [1.54, 1.807) is 0 Å². The Morgan fingerprint density at radius 1 is 0.459 bits per heavy atom. The molecular formula is C35H26N2. The molecule has 2 heteroatoms. The first-order valence-corrected chi connectivity index (χ1v) is 12.7. The molecule has 0 atom stereocenters. The predicted molar refractivity (Wildman–Crippen MR) is 158 cm³/mol. The van der Waals surface area contributed by atoms with E-state index < -0.39 is 0 Å². The molecule has 0 saturated carbocycles. The molecule has 7 aromatic rings. The molecule has 1 aromatic heterocycles. The molecule has 176 valence electrons. The molecule has 0 fully saturated rings. The molecule has 0 spiro atoms. The topological polar surface area (TPSA) is 8.17 Å². The third kappa shape index (κ3) is 3.66. The van der Waals surface area contributed by atoms with Crippen molar-refractivity contribution in [3.05, 3.63) is 140 Å². The normalized spacial score (nSPS) is 11.4. The number of nitrogens with zero attached hydrogens (tertiary/aromatic N) is 2. The van der Waals surface area contributed by atoms with E-state index in [4.69, 9.17) is 0 Å². The van der Waals surface area contributed by atoms with Crippen LogP contribution in [0.25, 0.3) is 49.4 Å². The summed E-state index contributed by atoms with van der Waals surface area (Å²) in [7, 11) is 2.13. The van der Waals surface area contributed by atoms with E-state index in [-0.39, 0.29) is 0 Å². The quantitative estimate of drug-likeness (QED) is 0.247. The molecule has 0 aliphatic carbocycles. The number of aromatic nitrogens is 1. The van der Waals surface area contributed by atoms with Crippen molar-refractivity contribution in [2.75, 3.05) is 11.9 Å². The van der Waals surface area contributed by atoms with E-state index in [9.17, 15) is 0 Å². The minimum absolute atomic E-state index is 1.17. The van der Waals surface area contributed by atoms with Crippen LogP contribution in [0.1, 0.15) is 0 Å². The summed E-state index contributed by atoms with van der Waals surface area (Å²) in [5.74, 6) is 0. The second-order valence-electron chi connectivity index (χ2n) is 9.56. The Morgan fingerprint density at radius 2 is 1.05 bits per heavy atom. The first kappa shape index (κ1) is 21.5. The summed E-state index contributed by atoms with van der Waals surface area (Å²) in [5.41, 5.74) is 8.40. The highest BCUT2D eigenvalue weighted by Gasteiger charge is 2.15. The lowest BCUT2D eigenvalue weighted by molar-refractivity contribution is 1.18. The number of rotatable bonds is 4. The maximum absolute atomic E-state index is 2.40. The Kier molecular flexibility index (Phi) is 5.04. The maximum Gasteiger partial charge on any atom is 0.0547 e. The lowest BCUT2D eigenvalue weighted by Gasteiger charge is -2.19. The van der Waals surface area contributed by atoms with E-state index >= 15 is 0 Å². The third-order valence-electron chi connectivity index (χ3n) is 7.38. The highest BCUT2D eigenvalue weighted by atomic mass is 15.1. The van der Waals surface area contributed by atoms with Gasteiger partial charge in [-0.05, 0) is 76.5 Å². The molecular weight excluding hydrogens is 448 g/mol. The van der Waals surface area contributed by atoms with Gasteiger partial charge in [0.25, 0.3) is 0 Å². The van der Waals surface area contributed by atoms with Crippen LogP contribution in [-0.4, -0.2) is 11.6 Å². The SMILES string of the molecule is CN(c1ccccc1)c1ccc2c(c1)c1cc3ccccc3cc1n2-c1ccc(-c2ccccc2)cc1. The van der Waals surface area contributed by atoms with Crippen molar-refractivity contribution in [2.45, 2.75) is 0 Å². The minimum atomic E-state index is 1.17. The zero-order chi connectivity index (χ0) is 24.8. The number of hydrogen-bond donors (Lipinski definition) is 0. The minimum Gasteiger partial charge on any atom is -0.345 e. The molecule has 0 saturated heterocycles. The van der Waals surface area contributed by atoms with Gasteiger partial charge < -0.3 is 9.47 Å². The van der Waals surface area contributed by atoms with Gasteiger partial charge in [0.15, 0.2) is 0 Å². The largest absolute Gasteiger partial charge is 0.345 e. The summed E-state index contributed by atoms with van der Waals surface area (Å²) in [6.07, 6.45) is 0. The number of fused-ring (bicyclic) bond motifs is 4. The Morgan fingerprint density at radius 3 is 1.78 bits per heavy atom. The van der Waals surface area contributed by atoms with Gasteiger partial charge in [-0.3, -0.25) is 0 Å². The van der Waals surface area contributed by atoms with Crippen molar-refractivity contribution in [1.29, 1.82) is 0 Å². The van der Waals surface area contributed by atoms with E-state index in [0.29, 0.717) is 0 Å². The third-order valence-corrected chi connectivity index (χ3v) is 7.38. The summed E-state index contributed by atoms with van der Waals surface area (Å²) >= 11 is 0. The molecule has 2 nitrogen and oxygen atoms in total. The molecule has 0 radical (unpaired) electrons.